The minimum Gasteiger partial charge on any atom is -0.389 e. The lowest BCUT2D eigenvalue weighted by atomic mass is 9.99. The molecule has 0 bridgehead atoms. The summed E-state index contributed by atoms with van der Waals surface area (Å²) in [5.74, 6) is 0.0890. The van der Waals surface area contributed by atoms with E-state index in [1.807, 2.05) is 91.0 Å². The normalized spacial score (nSPS) is 15.5. The summed E-state index contributed by atoms with van der Waals surface area (Å²) in [5, 5.41) is 11.0. The molecule has 0 saturated carbocycles. The molecular formula is C23H25NO2S. The molecule has 1 N–H and O–H groups in total. The Balaban J connectivity index is 1.91. The topological polar surface area (TPSA) is 49.7 Å². The minimum absolute atomic E-state index is 0.0890. The zero-order chi connectivity index (χ0) is 19.2. The second-order valence-corrected chi connectivity index (χ2v) is 9.33. The minimum atomic E-state index is -2.77. The molecule has 27 heavy (non-hydrogen) atoms. The first-order valence-electron chi connectivity index (χ1n) is 9.03. The van der Waals surface area contributed by atoms with Gasteiger partial charge in [-0.05, 0) is 30.2 Å². The predicted octanol–water partition coefficient (Wildman–Crippen LogP) is 4.71. The van der Waals surface area contributed by atoms with E-state index in [1.54, 1.807) is 6.92 Å². The van der Waals surface area contributed by atoms with Crippen molar-refractivity contribution in [2.24, 2.45) is 4.36 Å². The van der Waals surface area contributed by atoms with E-state index in [4.69, 9.17) is 0 Å². The second kappa shape index (κ2) is 8.51. The van der Waals surface area contributed by atoms with Crippen LogP contribution in [0.3, 0.4) is 0 Å². The quantitative estimate of drug-likeness (QED) is 0.646. The van der Waals surface area contributed by atoms with Crippen molar-refractivity contribution in [3.05, 3.63) is 102 Å². The highest BCUT2D eigenvalue weighted by molar-refractivity contribution is 7.93. The van der Waals surface area contributed by atoms with Gasteiger partial charge in [-0.15, -0.1) is 0 Å². The molecule has 3 aromatic carbocycles. The van der Waals surface area contributed by atoms with E-state index in [9.17, 15) is 9.32 Å². The van der Waals surface area contributed by atoms with Gasteiger partial charge in [-0.1, -0.05) is 78.9 Å². The lowest BCUT2D eigenvalue weighted by molar-refractivity contribution is 0.0848. The van der Waals surface area contributed by atoms with Gasteiger partial charge in [-0.3, -0.25) is 0 Å². The molecular weight excluding hydrogens is 354 g/mol. The number of aliphatic hydroxyl groups is 1. The molecule has 0 heterocycles. The Hall–Kier alpha value is -2.43. The van der Waals surface area contributed by atoms with E-state index in [-0.39, 0.29) is 5.75 Å². The van der Waals surface area contributed by atoms with Crippen LogP contribution >= 0.6 is 0 Å². The standard InChI is InChI=1S/C23H25NO2S/c1-23(25,17-20-11-5-2-6-12-20)19-27(26,22-15-9-4-10-16-22)24-18-21-13-7-3-8-14-21/h2-16,25H,17-19H2,1H3. The third-order valence-corrected chi connectivity index (χ3v) is 6.91. The van der Waals surface area contributed by atoms with Crippen LogP contribution in [0.25, 0.3) is 0 Å². The van der Waals surface area contributed by atoms with Crippen LogP contribution in [0.1, 0.15) is 18.1 Å². The van der Waals surface area contributed by atoms with Gasteiger partial charge in [0.25, 0.3) is 0 Å². The van der Waals surface area contributed by atoms with Crippen LogP contribution in [-0.2, 0) is 22.7 Å². The molecule has 0 aromatic heterocycles. The Morgan fingerprint density at radius 3 is 1.85 bits per heavy atom. The number of hydrogen-bond donors (Lipinski definition) is 1. The van der Waals surface area contributed by atoms with Crippen LogP contribution in [0.15, 0.2) is 100 Å². The molecule has 0 saturated heterocycles. The molecule has 0 aliphatic heterocycles. The van der Waals surface area contributed by atoms with Gasteiger partial charge in [0, 0.05) is 11.3 Å². The van der Waals surface area contributed by atoms with Crippen LogP contribution < -0.4 is 0 Å². The number of rotatable bonds is 7. The Morgan fingerprint density at radius 2 is 1.30 bits per heavy atom. The van der Waals surface area contributed by atoms with Gasteiger partial charge in [-0.25, -0.2) is 8.57 Å². The zero-order valence-corrected chi connectivity index (χ0v) is 16.3. The average molecular weight is 380 g/mol. The van der Waals surface area contributed by atoms with Crippen LogP contribution in [0.4, 0.5) is 0 Å². The van der Waals surface area contributed by atoms with Gasteiger partial charge < -0.3 is 5.11 Å². The first-order chi connectivity index (χ1) is 13.0. The summed E-state index contributed by atoms with van der Waals surface area (Å²) in [6.07, 6.45) is 0.429. The van der Waals surface area contributed by atoms with Crippen LogP contribution in [0, 0.1) is 0 Å². The van der Waals surface area contributed by atoms with Crippen molar-refractivity contribution in [3.8, 4) is 0 Å². The molecule has 3 aromatic rings. The van der Waals surface area contributed by atoms with Crippen molar-refractivity contribution in [1.82, 2.24) is 0 Å². The summed E-state index contributed by atoms with van der Waals surface area (Å²) >= 11 is 0. The Labute approximate surface area is 161 Å². The fraction of sp³-hybridized carbons (Fsp3) is 0.217. The van der Waals surface area contributed by atoms with E-state index in [0.717, 1.165) is 11.1 Å². The molecule has 2 atom stereocenters. The van der Waals surface area contributed by atoms with Gasteiger partial charge in [0.05, 0.1) is 27.6 Å². The number of nitrogens with zero attached hydrogens (tertiary/aromatic N) is 1. The zero-order valence-electron chi connectivity index (χ0n) is 15.5. The van der Waals surface area contributed by atoms with E-state index in [0.29, 0.717) is 17.9 Å². The highest BCUT2D eigenvalue weighted by atomic mass is 32.2. The molecule has 0 aliphatic carbocycles. The van der Waals surface area contributed by atoms with E-state index < -0.39 is 15.3 Å². The van der Waals surface area contributed by atoms with Gasteiger partial charge in [0.1, 0.15) is 0 Å². The Bertz CT molecular complexity index is 961. The summed E-state index contributed by atoms with van der Waals surface area (Å²) < 4.78 is 18.4. The molecule has 0 fully saturated rings. The average Bonchev–Trinajstić information content (AvgIpc) is 2.68. The molecule has 4 heteroatoms. The fourth-order valence-electron chi connectivity index (χ4n) is 3.11. The SMILES string of the molecule is CC(O)(Cc1ccccc1)CS(=O)(=NCc1ccccc1)c1ccccc1. The van der Waals surface area contributed by atoms with E-state index in [2.05, 4.69) is 4.36 Å². The fourth-order valence-corrected chi connectivity index (χ4v) is 5.40. The first-order valence-corrected chi connectivity index (χ1v) is 10.7. The third-order valence-electron chi connectivity index (χ3n) is 4.34. The predicted molar refractivity (Wildman–Crippen MR) is 111 cm³/mol. The second-order valence-electron chi connectivity index (χ2n) is 7.03. The van der Waals surface area contributed by atoms with Gasteiger partial charge in [0.15, 0.2) is 0 Å². The van der Waals surface area contributed by atoms with Crippen molar-refractivity contribution in [1.29, 1.82) is 0 Å². The monoisotopic (exact) mass is 379 g/mol. The lowest BCUT2D eigenvalue weighted by Gasteiger charge is -2.25. The summed E-state index contributed by atoms with van der Waals surface area (Å²) in [6.45, 7) is 2.09. The Morgan fingerprint density at radius 1 is 0.815 bits per heavy atom. The maximum absolute atomic E-state index is 13.8. The van der Waals surface area contributed by atoms with Crippen LogP contribution in [0.5, 0.6) is 0 Å². The highest BCUT2D eigenvalue weighted by Gasteiger charge is 2.28. The van der Waals surface area contributed by atoms with Crippen LogP contribution in [0.2, 0.25) is 0 Å². The summed E-state index contributed by atoms with van der Waals surface area (Å²) in [4.78, 5) is 0.661. The van der Waals surface area contributed by atoms with Crippen molar-refractivity contribution < 1.29 is 9.32 Å². The maximum Gasteiger partial charge on any atom is 0.0786 e. The molecule has 0 aliphatic rings. The van der Waals surface area contributed by atoms with Crippen molar-refractivity contribution in [2.45, 2.75) is 30.4 Å². The van der Waals surface area contributed by atoms with Crippen LogP contribution in [-0.4, -0.2) is 20.7 Å². The van der Waals surface area contributed by atoms with E-state index in [1.165, 1.54) is 0 Å². The molecule has 0 amide bonds. The smallest absolute Gasteiger partial charge is 0.0786 e. The molecule has 3 nitrogen and oxygen atoms in total. The highest BCUT2D eigenvalue weighted by Crippen LogP contribution is 2.23. The molecule has 140 valence electrons. The Kier molecular flexibility index (Phi) is 6.09. The largest absolute Gasteiger partial charge is 0.389 e. The van der Waals surface area contributed by atoms with Crippen molar-refractivity contribution >= 4 is 9.73 Å². The van der Waals surface area contributed by atoms with E-state index >= 15 is 0 Å². The lowest BCUT2D eigenvalue weighted by Crippen LogP contribution is -2.36. The third kappa shape index (κ3) is 5.52. The van der Waals surface area contributed by atoms with Crippen molar-refractivity contribution in [3.63, 3.8) is 0 Å². The van der Waals surface area contributed by atoms with Gasteiger partial charge >= 0.3 is 0 Å². The molecule has 0 radical (unpaired) electrons. The first kappa shape index (κ1) is 19.3. The molecule has 3 rings (SSSR count). The summed E-state index contributed by atoms with van der Waals surface area (Å²) in [7, 11) is -2.77. The molecule has 0 spiro atoms. The molecule has 2 unspecified atom stereocenters. The summed E-state index contributed by atoms with van der Waals surface area (Å²) in [6, 6.07) is 28.8. The number of hydrogen-bond acceptors (Lipinski definition) is 3. The van der Waals surface area contributed by atoms with Gasteiger partial charge in [0.2, 0.25) is 0 Å². The van der Waals surface area contributed by atoms with Crippen molar-refractivity contribution in [2.75, 3.05) is 5.75 Å². The number of benzene rings is 3. The summed E-state index contributed by atoms with van der Waals surface area (Å²) in [5.41, 5.74) is 0.887. The maximum atomic E-state index is 13.8. The van der Waals surface area contributed by atoms with Gasteiger partial charge in [-0.2, -0.15) is 0 Å².